The van der Waals surface area contributed by atoms with Crippen LogP contribution in [0.15, 0.2) is 59.9 Å². The molecule has 7 heteroatoms. The van der Waals surface area contributed by atoms with Crippen LogP contribution in [0, 0.1) is 0 Å². The molecule has 0 saturated heterocycles. The van der Waals surface area contributed by atoms with Gasteiger partial charge < -0.3 is 9.88 Å². The molecule has 1 amide bonds. The van der Waals surface area contributed by atoms with Crippen molar-refractivity contribution in [2.75, 3.05) is 5.75 Å². The molecule has 0 aliphatic carbocycles. The minimum absolute atomic E-state index is 0.0238. The molecule has 0 atom stereocenters. The third-order valence-corrected chi connectivity index (χ3v) is 4.69. The maximum atomic E-state index is 12.1. The van der Waals surface area contributed by atoms with Crippen LogP contribution in [0.3, 0.4) is 0 Å². The van der Waals surface area contributed by atoms with Gasteiger partial charge in [0.2, 0.25) is 5.91 Å². The number of hydrogen-bond donors (Lipinski definition) is 1. The van der Waals surface area contributed by atoms with Crippen LogP contribution in [-0.2, 0) is 17.9 Å². The summed E-state index contributed by atoms with van der Waals surface area (Å²) in [5.74, 6) is 1.01. The average molecular weight is 367 g/mol. The Bertz CT molecular complexity index is 836. The Balaban J connectivity index is 1.62. The van der Waals surface area contributed by atoms with Gasteiger partial charge in [0.05, 0.1) is 5.75 Å². The van der Waals surface area contributed by atoms with Crippen LogP contribution in [0.1, 0.15) is 18.9 Å². The van der Waals surface area contributed by atoms with Gasteiger partial charge in [-0.3, -0.25) is 9.78 Å². The van der Waals surface area contributed by atoms with E-state index >= 15 is 0 Å². The van der Waals surface area contributed by atoms with Crippen molar-refractivity contribution < 1.29 is 4.79 Å². The summed E-state index contributed by atoms with van der Waals surface area (Å²) in [6.07, 6.45) is 2.69. The van der Waals surface area contributed by atoms with E-state index in [1.807, 2.05) is 53.1 Å². The molecule has 0 aliphatic rings. The number of rotatable bonds is 8. The average Bonchev–Trinajstić information content (AvgIpc) is 3.09. The molecule has 2 heterocycles. The highest BCUT2D eigenvalue weighted by Gasteiger charge is 2.15. The van der Waals surface area contributed by atoms with E-state index in [0.717, 1.165) is 35.2 Å². The van der Waals surface area contributed by atoms with Crippen molar-refractivity contribution in [1.29, 1.82) is 0 Å². The molecule has 1 aromatic carbocycles. The number of carbonyl (C=O) groups excluding carboxylic acids is 1. The van der Waals surface area contributed by atoms with E-state index in [2.05, 4.69) is 27.4 Å². The van der Waals surface area contributed by atoms with Crippen LogP contribution in [0.4, 0.5) is 0 Å². The van der Waals surface area contributed by atoms with E-state index in [4.69, 9.17) is 0 Å². The molecule has 0 fully saturated rings. The Kier molecular flexibility index (Phi) is 6.38. The third-order valence-electron chi connectivity index (χ3n) is 3.72. The summed E-state index contributed by atoms with van der Waals surface area (Å²) in [4.78, 5) is 16.5. The molecular weight excluding hydrogens is 346 g/mol. The molecule has 26 heavy (non-hydrogen) atoms. The van der Waals surface area contributed by atoms with Gasteiger partial charge in [0.1, 0.15) is 5.69 Å². The SMILES string of the molecule is CCCn1c(SCC(=O)NCc2ccccc2)nnc1-c1ccccn1. The number of pyridine rings is 1. The molecule has 0 spiro atoms. The smallest absolute Gasteiger partial charge is 0.230 e. The number of thioether (sulfide) groups is 1. The van der Waals surface area contributed by atoms with Gasteiger partial charge in [-0.15, -0.1) is 10.2 Å². The topological polar surface area (TPSA) is 72.7 Å². The van der Waals surface area contributed by atoms with E-state index in [1.54, 1.807) is 6.20 Å². The first-order chi connectivity index (χ1) is 12.8. The van der Waals surface area contributed by atoms with Gasteiger partial charge in [0, 0.05) is 19.3 Å². The highest BCUT2D eigenvalue weighted by molar-refractivity contribution is 7.99. The van der Waals surface area contributed by atoms with Crippen LogP contribution in [0.25, 0.3) is 11.5 Å². The van der Waals surface area contributed by atoms with Gasteiger partial charge in [-0.1, -0.05) is 55.1 Å². The molecule has 0 unspecified atom stereocenters. The second kappa shape index (κ2) is 9.15. The highest BCUT2D eigenvalue weighted by Crippen LogP contribution is 2.22. The number of nitrogens with one attached hydrogen (secondary N) is 1. The molecule has 0 bridgehead atoms. The Labute approximate surface area is 157 Å². The van der Waals surface area contributed by atoms with Crippen molar-refractivity contribution >= 4 is 17.7 Å². The number of amides is 1. The van der Waals surface area contributed by atoms with Crippen LogP contribution >= 0.6 is 11.8 Å². The summed E-state index contributed by atoms with van der Waals surface area (Å²) >= 11 is 1.40. The zero-order valence-electron chi connectivity index (χ0n) is 14.6. The quantitative estimate of drug-likeness (QED) is 0.619. The van der Waals surface area contributed by atoms with Gasteiger partial charge in [-0.2, -0.15) is 0 Å². The third kappa shape index (κ3) is 4.70. The maximum Gasteiger partial charge on any atom is 0.230 e. The highest BCUT2D eigenvalue weighted by atomic mass is 32.2. The Hall–Kier alpha value is -2.67. The molecule has 6 nitrogen and oxygen atoms in total. The van der Waals surface area contributed by atoms with Gasteiger partial charge in [0.15, 0.2) is 11.0 Å². The van der Waals surface area contributed by atoms with E-state index in [1.165, 1.54) is 11.8 Å². The van der Waals surface area contributed by atoms with Gasteiger partial charge >= 0.3 is 0 Å². The van der Waals surface area contributed by atoms with Crippen LogP contribution in [0.2, 0.25) is 0 Å². The molecular formula is C19H21N5OS. The van der Waals surface area contributed by atoms with Gasteiger partial charge in [-0.05, 0) is 24.1 Å². The molecule has 1 N–H and O–H groups in total. The van der Waals surface area contributed by atoms with Crippen LogP contribution in [-0.4, -0.2) is 31.4 Å². The minimum atomic E-state index is -0.0238. The van der Waals surface area contributed by atoms with Crippen molar-refractivity contribution in [3.05, 3.63) is 60.3 Å². The molecule has 134 valence electrons. The molecule has 2 aromatic heterocycles. The second-order valence-corrected chi connectivity index (χ2v) is 6.67. The monoisotopic (exact) mass is 367 g/mol. The lowest BCUT2D eigenvalue weighted by Crippen LogP contribution is -2.24. The Morgan fingerprint density at radius 3 is 2.65 bits per heavy atom. The van der Waals surface area contributed by atoms with Crippen molar-refractivity contribution in [2.24, 2.45) is 0 Å². The van der Waals surface area contributed by atoms with Crippen LogP contribution in [0.5, 0.6) is 0 Å². The van der Waals surface area contributed by atoms with Crippen molar-refractivity contribution in [3.63, 3.8) is 0 Å². The van der Waals surface area contributed by atoms with Gasteiger partial charge in [0.25, 0.3) is 0 Å². The number of aromatic nitrogens is 4. The van der Waals surface area contributed by atoms with Crippen molar-refractivity contribution in [1.82, 2.24) is 25.1 Å². The van der Waals surface area contributed by atoms with E-state index in [0.29, 0.717) is 12.3 Å². The zero-order valence-corrected chi connectivity index (χ0v) is 15.4. The first-order valence-electron chi connectivity index (χ1n) is 8.56. The Morgan fingerprint density at radius 2 is 1.92 bits per heavy atom. The predicted octanol–water partition coefficient (Wildman–Crippen LogP) is 3.16. The second-order valence-electron chi connectivity index (χ2n) is 5.72. The summed E-state index contributed by atoms with van der Waals surface area (Å²) in [6, 6.07) is 15.6. The lowest BCUT2D eigenvalue weighted by Gasteiger charge is -2.08. The number of carbonyl (C=O) groups is 1. The minimum Gasteiger partial charge on any atom is -0.351 e. The molecule has 3 rings (SSSR count). The van der Waals surface area contributed by atoms with E-state index in [9.17, 15) is 4.79 Å². The normalized spacial score (nSPS) is 10.7. The first-order valence-corrected chi connectivity index (χ1v) is 9.54. The van der Waals surface area contributed by atoms with E-state index in [-0.39, 0.29) is 5.91 Å². The predicted molar refractivity (Wildman–Crippen MR) is 103 cm³/mol. The Morgan fingerprint density at radius 1 is 1.12 bits per heavy atom. The summed E-state index contributed by atoms with van der Waals surface area (Å²) in [6.45, 7) is 3.41. The largest absolute Gasteiger partial charge is 0.351 e. The van der Waals surface area contributed by atoms with E-state index < -0.39 is 0 Å². The molecule has 0 saturated carbocycles. The fraction of sp³-hybridized carbons (Fsp3) is 0.263. The number of nitrogens with zero attached hydrogens (tertiary/aromatic N) is 4. The first kappa shape index (κ1) is 18.1. The lowest BCUT2D eigenvalue weighted by atomic mass is 10.2. The van der Waals surface area contributed by atoms with Gasteiger partial charge in [-0.25, -0.2) is 0 Å². The number of hydrogen-bond acceptors (Lipinski definition) is 5. The van der Waals surface area contributed by atoms with Crippen molar-refractivity contribution in [3.8, 4) is 11.5 Å². The summed E-state index contributed by atoms with van der Waals surface area (Å²) in [5, 5.41) is 12.2. The fourth-order valence-corrected chi connectivity index (χ4v) is 3.28. The van der Waals surface area contributed by atoms with Crippen molar-refractivity contribution in [2.45, 2.75) is 31.6 Å². The molecule has 0 radical (unpaired) electrons. The van der Waals surface area contributed by atoms with Crippen LogP contribution < -0.4 is 5.32 Å². The fourth-order valence-electron chi connectivity index (χ4n) is 2.48. The maximum absolute atomic E-state index is 12.1. The summed E-state index contributed by atoms with van der Waals surface area (Å²) in [7, 11) is 0. The summed E-state index contributed by atoms with van der Waals surface area (Å²) in [5.41, 5.74) is 1.87. The molecule has 3 aromatic rings. The lowest BCUT2D eigenvalue weighted by molar-refractivity contribution is -0.118. The zero-order chi connectivity index (χ0) is 18.2. The molecule has 0 aliphatic heterocycles. The standard InChI is InChI=1S/C19H21N5OS/c1-2-12-24-18(16-10-6-7-11-20-16)22-23-19(24)26-14-17(25)21-13-15-8-4-3-5-9-15/h3-11H,2,12-14H2,1H3,(H,21,25). The number of benzene rings is 1. The summed E-state index contributed by atoms with van der Waals surface area (Å²) < 4.78 is 2.03.